The number of carbonyl (C=O) groups is 1. The highest BCUT2D eigenvalue weighted by molar-refractivity contribution is 5.89. The average molecular weight is 347 g/mol. The summed E-state index contributed by atoms with van der Waals surface area (Å²) < 4.78 is 6.02. The van der Waals surface area contributed by atoms with E-state index in [4.69, 9.17) is 4.74 Å². The number of anilines is 1. The van der Waals surface area contributed by atoms with Crippen molar-refractivity contribution in [2.24, 2.45) is 0 Å². The van der Waals surface area contributed by atoms with Crippen LogP contribution in [0.15, 0.2) is 24.3 Å². The Bertz CT molecular complexity index is 548. The molecule has 1 aromatic carbocycles. The summed E-state index contributed by atoms with van der Waals surface area (Å²) in [5, 5.41) is 15.3. The Balaban J connectivity index is 1.43. The van der Waals surface area contributed by atoms with Gasteiger partial charge in [0.1, 0.15) is 11.9 Å². The zero-order valence-electron chi connectivity index (χ0n) is 14.9. The fourth-order valence-electron chi connectivity index (χ4n) is 3.48. The second kappa shape index (κ2) is 8.54. The number of nitrogens with zero attached hydrogens (tertiary/aromatic N) is 1. The van der Waals surface area contributed by atoms with E-state index < -0.39 is 0 Å². The summed E-state index contributed by atoms with van der Waals surface area (Å²) in [6.45, 7) is 2.14. The molecule has 3 N–H and O–H groups in total. The molecule has 1 saturated heterocycles. The van der Waals surface area contributed by atoms with Crippen LogP contribution in [-0.2, 0) is 0 Å². The molecule has 1 aliphatic heterocycles. The van der Waals surface area contributed by atoms with Gasteiger partial charge in [0.25, 0.3) is 0 Å². The number of rotatable bonds is 4. The van der Waals surface area contributed by atoms with Gasteiger partial charge in [-0.2, -0.15) is 0 Å². The number of hydrogen-bond donors (Lipinski definition) is 3. The lowest BCUT2D eigenvalue weighted by molar-refractivity contribution is 0.114. The molecular weight excluding hydrogens is 318 g/mol. The van der Waals surface area contributed by atoms with Gasteiger partial charge in [-0.1, -0.05) is 0 Å². The van der Waals surface area contributed by atoms with Crippen LogP contribution >= 0.6 is 0 Å². The molecule has 0 aromatic heterocycles. The monoisotopic (exact) mass is 347 g/mol. The van der Waals surface area contributed by atoms with Crippen molar-refractivity contribution in [1.29, 1.82) is 0 Å². The first kappa shape index (κ1) is 18.0. The molecule has 1 heterocycles. The first-order valence-corrected chi connectivity index (χ1v) is 9.29. The number of aliphatic hydroxyl groups is 1. The van der Waals surface area contributed by atoms with Crippen molar-refractivity contribution in [3.8, 4) is 5.75 Å². The van der Waals surface area contributed by atoms with Gasteiger partial charge in [-0.25, -0.2) is 4.79 Å². The van der Waals surface area contributed by atoms with Gasteiger partial charge in [-0.15, -0.1) is 0 Å². The molecule has 138 valence electrons. The van der Waals surface area contributed by atoms with Crippen LogP contribution in [0.1, 0.15) is 38.5 Å². The van der Waals surface area contributed by atoms with E-state index in [-0.39, 0.29) is 24.3 Å². The molecule has 0 atom stereocenters. The van der Waals surface area contributed by atoms with Crippen molar-refractivity contribution in [1.82, 2.24) is 10.2 Å². The number of ether oxygens (including phenoxy) is 1. The van der Waals surface area contributed by atoms with Crippen LogP contribution in [0.2, 0.25) is 0 Å². The van der Waals surface area contributed by atoms with Gasteiger partial charge in [0.05, 0.1) is 6.10 Å². The van der Waals surface area contributed by atoms with Crippen LogP contribution in [0.5, 0.6) is 5.75 Å². The van der Waals surface area contributed by atoms with Gasteiger partial charge in [-0.3, -0.25) is 0 Å². The van der Waals surface area contributed by atoms with Crippen molar-refractivity contribution in [3.63, 3.8) is 0 Å². The van der Waals surface area contributed by atoms with Gasteiger partial charge in [0.15, 0.2) is 0 Å². The Morgan fingerprint density at radius 2 is 1.72 bits per heavy atom. The van der Waals surface area contributed by atoms with Crippen LogP contribution in [0, 0.1) is 0 Å². The SMILES string of the molecule is CN1CCC(Oc2ccc(NC(=O)NC3CCC(O)CC3)cc2)CC1. The minimum Gasteiger partial charge on any atom is -0.490 e. The van der Waals surface area contributed by atoms with Crippen LogP contribution in [0.3, 0.4) is 0 Å². The number of nitrogens with one attached hydrogen (secondary N) is 2. The van der Waals surface area contributed by atoms with E-state index >= 15 is 0 Å². The lowest BCUT2D eigenvalue weighted by Crippen LogP contribution is -2.40. The number of amides is 2. The topological polar surface area (TPSA) is 73.8 Å². The van der Waals surface area contributed by atoms with Gasteiger partial charge in [-0.05, 0) is 69.8 Å². The maximum atomic E-state index is 12.1. The second-order valence-corrected chi connectivity index (χ2v) is 7.25. The Labute approximate surface area is 149 Å². The van der Waals surface area contributed by atoms with Crippen LogP contribution in [0.4, 0.5) is 10.5 Å². The maximum Gasteiger partial charge on any atom is 0.319 e. The molecule has 6 heteroatoms. The van der Waals surface area contributed by atoms with Crippen LogP contribution in [0.25, 0.3) is 0 Å². The molecule has 6 nitrogen and oxygen atoms in total. The Hall–Kier alpha value is -1.79. The van der Waals surface area contributed by atoms with E-state index in [1.54, 1.807) is 0 Å². The number of likely N-dealkylation sites (tertiary alicyclic amines) is 1. The predicted molar refractivity (Wildman–Crippen MR) is 98.0 cm³/mol. The van der Waals surface area contributed by atoms with Gasteiger partial charge in [0.2, 0.25) is 0 Å². The predicted octanol–water partition coefficient (Wildman–Crippen LogP) is 2.58. The van der Waals surface area contributed by atoms with Crippen molar-refractivity contribution in [3.05, 3.63) is 24.3 Å². The maximum absolute atomic E-state index is 12.1. The Morgan fingerprint density at radius 1 is 1.08 bits per heavy atom. The van der Waals surface area contributed by atoms with Gasteiger partial charge >= 0.3 is 6.03 Å². The summed E-state index contributed by atoms with van der Waals surface area (Å²) in [5.74, 6) is 0.849. The third kappa shape index (κ3) is 5.61. The normalized spacial score (nSPS) is 25.4. The molecule has 2 fully saturated rings. The minimum atomic E-state index is -0.210. The third-order valence-corrected chi connectivity index (χ3v) is 5.11. The molecule has 0 bridgehead atoms. The smallest absolute Gasteiger partial charge is 0.319 e. The highest BCUT2D eigenvalue weighted by Gasteiger charge is 2.21. The number of carbonyl (C=O) groups excluding carboxylic acids is 1. The minimum absolute atomic E-state index is 0.149. The fraction of sp³-hybridized carbons (Fsp3) is 0.632. The van der Waals surface area contributed by atoms with E-state index in [1.807, 2.05) is 24.3 Å². The molecule has 1 aliphatic carbocycles. The summed E-state index contributed by atoms with van der Waals surface area (Å²) in [5.41, 5.74) is 0.754. The zero-order chi connectivity index (χ0) is 17.6. The molecule has 0 spiro atoms. The van der Waals surface area contributed by atoms with Crippen molar-refractivity contribution >= 4 is 11.7 Å². The molecule has 0 radical (unpaired) electrons. The number of benzene rings is 1. The second-order valence-electron chi connectivity index (χ2n) is 7.25. The van der Waals surface area contributed by atoms with E-state index in [0.717, 1.165) is 63.1 Å². The molecule has 2 aliphatic rings. The molecular formula is C19H29N3O3. The quantitative estimate of drug-likeness (QED) is 0.783. The summed E-state index contributed by atoms with van der Waals surface area (Å²) in [6, 6.07) is 7.51. The standard InChI is InChI=1S/C19H29N3O3/c1-22-12-10-18(11-13-22)25-17-8-4-15(5-9-17)21-19(24)20-14-2-6-16(23)7-3-14/h4-5,8-9,14,16,18,23H,2-3,6-7,10-13H2,1H3,(H2,20,21,24). The first-order valence-electron chi connectivity index (χ1n) is 9.29. The zero-order valence-corrected chi connectivity index (χ0v) is 14.9. The van der Waals surface area contributed by atoms with Gasteiger partial charge in [0, 0.05) is 24.8 Å². The fourth-order valence-corrected chi connectivity index (χ4v) is 3.48. The molecule has 1 saturated carbocycles. The lowest BCUT2D eigenvalue weighted by atomic mass is 9.93. The molecule has 25 heavy (non-hydrogen) atoms. The summed E-state index contributed by atoms with van der Waals surface area (Å²) in [6.07, 6.45) is 5.35. The number of urea groups is 1. The molecule has 3 rings (SSSR count). The first-order chi connectivity index (χ1) is 12.1. The van der Waals surface area contributed by atoms with E-state index in [1.165, 1.54) is 0 Å². The van der Waals surface area contributed by atoms with E-state index in [0.29, 0.717) is 0 Å². The largest absolute Gasteiger partial charge is 0.490 e. The highest BCUT2D eigenvalue weighted by atomic mass is 16.5. The Kier molecular flexibility index (Phi) is 6.15. The Morgan fingerprint density at radius 3 is 2.36 bits per heavy atom. The van der Waals surface area contributed by atoms with Crippen molar-refractivity contribution in [2.45, 2.75) is 56.8 Å². The average Bonchev–Trinajstić information content (AvgIpc) is 2.61. The van der Waals surface area contributed by atoms with Crippen molar-refractivity contribution in [2.75, 3.05) is 25.5 Å². The number of hydrogen-bond acceptors (Lipinski definition) is 4. The number of aliphatic hydroxyl groups excluding tert-OH is 1. The van der Waals surface area contributed by atoms with Crippen molar-refractivity contribution < 1.29 is 14.6 Å². The summed E-state index contributed by atoms with van der Waals surface area (Å²) in [7, 11) is 2.14. The summed E-state index contributed by atoms with van der Waals surface area (Å²) >= 11 is 0. The molecule has 1 aromatic rings. The van der Waals surface area contributed by atoms with E-state index in [9.17, 15) is 9.90 Å². The lowest BCUT2D eigenvalue weighted by Gasteiger charge is -2.29. The number of piperidine rings is 1. The van der Waals surface area contributed by atoms with E-state index in [2.05, 4.69) is 22.6 Å². The van der Waals surface area contributed by atoms with Crippen LogP contribution in [-0.4, -0.2) is 54.4 Å². The van der Waals surface area contributed by atoms with Crippen LogP contribution < -0.4 is 15.4 Å². The molecule has 0 unspecified atom stereocenters. The molecule has 2 amide bonds. The highest BCUT2D eigenvalue weighted by Crippen LogP contribution is 2.21. The third-order valence-electron chi connectivity index (χ3n) is 5.11. The van der Waals surface area contributed by atoms with Gasteiger partial charge < -0.3 is 25.4 Å². The summed E-state index contributed by atoms with van der Waals surface area (Å²) in [4.78, 5) is 14.4.